The van der Waals surface area contributed by atoms with Crippen LogP contribution in [0.4, 0.5) is 0 Å². The molecular weight excluding hydrogens is 294 g/mol. The van der Waals surface area contributed by atoms with E-state index in [1.807, 2.05) is 6.20 Å². The van der Waals surface area contributed by atoms with Crippen molar-refractivity contribution in [3.8, 4) is 5.75 Å². The molecule has 0 spiro atoms. The Bertz CT molecular complexity index is 573. The highest BCUT2D eigenvalue weighted by atomic mass is 79.9. The largest absolute Gasteiger partial charge is 0.508 e. The molecule has 1 saturated heterocycles. The first-order valence-corrected chi connectivity index (χ1v) is 6.99. The number of halogens is 1. The molecular formula is C13H16BrN3O. The Morgan fingerprint density at radius 1 is 1.39 bits per heavy atom. The van der Waals surface area contributed by atoms with Gasteiger partial charge < -0.3 is 14.4 Å². The first-order valence-electron chi connectivity index (χ1n) is 6.20. The number of hydrogen-bond acceptors (Lipinski definition) is 3. The van der Waals surface area contributed by atoms with Crippen LogP contribution < -0.4 is 0 Å². The number of aromatic hydroxyl groups is 1. The quantitative estimate of drug-likeness (QED) is 0.880. The van der Waals surface area contributed by atoms with Crippen LogP contribution in [0.1, 0.15) is 24.6 Å². The molecule has 2 aromatic heterocycles. The van der Waals surface area contributed by atoms with E-state index in [2.05, 4.69) is 37.3 Å². The van der Waals surface area contributed by atoms with Gasteiger partial charge in [-0.15, -0.1) is 0 Å². The Balaban J connectivity index is 2.02. The summed E-state index contributed by atoms with van der Waals surface area (Å²) in [5, 5.41) is 9.54. The molecule has 4 nitrogen and oxygen atoms in total. The van der Waals surface area contributed by atoms with Crippen LogP contribution in [0.15, 0.2) is 22.9 Å². The van der Waals surface area contributed by atoms with Crippen LogP contribution in [0.2, 0.25) is 0 Å². The molecule has 0 amide bonds. The first-order chi connectivity index (χ1) is 8.65. The summed E-state index contributed by atoms with van der Waals surface area (Å²) in [6, 6.07) is 3.45. The third-order valence-electron chi connectivity index (χ3n) is 3.69. The molecule has 3 heterocycles. The second-order valence-electron chi connectivity index (χ2n) is 4.98. The summed E-state index contributed by atoms with van der Waals surface area (Å²) in [6.45, 7) is 2.24. The minimum absolute atomic E-state index is 0.276. The average Bonchev–Trinajstić information content (AvgIpc) is 2.68. The topological polar surface area (TPSA) is 40.8 Å². The highest BCUT2D eigenvalue weighted by Crippen LogP contribution is 2.31. The van der Waals surface area contributed by atoms with Crippen LogP contribution in [0.3, 0.4) is 0 Å². The van der Waals surface area contributed by atoms with Crippen molar-refractivity contribution >= 4 is 21.4 Å². The minimum atomic E-state index is 0.276. The fourth-order valence-corrected chi connectivity index (χ4v) is 3.10. The number of piperidine rings is 1. The number of pyridine rings is 1. The van der Waals surface area contributed by atoms with Gasteiger partial charge in [0.05, 0.1) is 5.52 Å². The van der Waals surface area contributed by atoms with E-state index >= 15 is 0 Å². The van der Waals surface area contributed by atoms with Crippen LogP contribution in [0, 0.1) is 0 Å². The Morgan fingerprint density at radius 2 is 2.11 bits per heavy atom. The number of hydrogen-bond donors (Lipinski definition) is 1. The minimum Gasteiger partial charge on any atom is -0.508 e. The second-order valence-corrected chi connectivity index (χ2v) is 5.73. The average molecular weight is 310 g/mol. The summed E-state index contributed by atoms with van der Waals surface area (Å²) < 4.78 is 2.90. The highest BCUT2D eigenvalue weighted by molar-refractivity contribution is 9.10. The molecule has 0 unspecified atom stereocenters. The normalized spacial score (nSPS) is 18.6. The van der Waals surface area contributed by atoms with Gasteiger partial charge in [-0.3, -0.25) is 0 Å². The number of rotatable bonds is 1. The molecule has 18 heavy (non-hydrogen) atoms. The highest BCUT2D eigenvalue weighted by Gasteiger charge is 2.23. The smallest absolute Gasteiger partial charge is 0.132 e. The molecule has 1 aliphatic heterocycles. The van der Waals surface area contributed by atoms with Gasteiger partial charge in [0.15, 0.2) is 0 Å². The zero-order valence-electron chi connectivity index (χ0n) is 10.3. The van der Waals surface area contributed by atoms with Crippen molar-refractivity contribution in [3.63, 3.8) is 0 Å². The van der Waals surface area contributed by atoms with Gasteiger partial charge in [-0.2, -0.15) is 0 Å². The SMILES string of the molecule is CN1CCC(c2nc(Br)c3cc(O)ccn23)CC1. The molecule has 0 atom stereocenters. The van der Waals surface area contributed by atoms with E-state index in [1.165, 1.54) is 0 Å². The van der Waals surface area contributed by atoms with E-state index in [9.17, 15) is 5.11 Å². The van der Waals surface area contributed by atoms with Crippen LogP contribution >= 0.6 is 15.9 Å². The summed E-state index contributed by atoms with van der Waals surface area (Å²) in [5.74, 6) is 1.88. The van der Waals surface area contributed by atoms with E-state index < -0.39 is 0 Å². The van der Waals surface area contributed by atoms with Gasteiger partial charge in [-0.1, -0.05) is 0 Å². The first kappa shape index (κ1) is 12.0. The van der Waals surface area contributed by atoms with Crippen LogP contribution in [0.5, 0.6) is 5.75 Å². The van der Waals surface area contributed by atoms with Crippen molar-refractivity contribution in [2.24, 2.45) is 0 Å². The summed E-state index contributed by atoms with van der Waals surface area (Å²) in [4.78, 5) is 6.98. The second kappa shape index (κ2) is 4.55. The zero-order chi connectivity index (χ0) is 12.7. The fraction of sp³-hybridized carbons (Fsp3) is 0.462. The van der Waals surface area contributed by atoms with Crippen molar-refractivity contribution in [1.29, 1.82) is 0 Å². The lowest BCUT2D eigenvalue weighted by Crippen LogP contribution is -2.29. The summed E-state index contributed by atoms with van der Waals surface area (Å²) in [5.41, 5.74) is 0.934. The van der Waals surface area contributed by atoms with E-state index in [4.69, 9.17) is 0 Å². The number of likely N-dealkylation sites (tertiary alicyclic amines) is 1. The van der Waals surface area contributed by atoms with Crippen LogP contribution in [-0.4, -0.2) is 39.5 Å². The Morgan fingerprint density at radius 3 is 2.83 bits per heavy atom. The van der Waals surface area contributed by atoms with Crippen molar-refractivity contribution in [1.82, 2.24) is 14.3 Å². The van der Waals surface area contributed by atoms with Gasteiger partial charge in [-0.05, 0) is 55.0 Å². The molecule has 0 aromatic carbocycles. The summed E-state index contributed by atoms with van der Waals surface area (Å²) in [7, 11) is 2.16. The maximum absolute atomic E-state index is 9.54. The van der Waals surface area contributed by atoms with E-state index in [0.29, 0.717) is 5.92 Å². The van der Waals surface area contributed by atoms with Gasteiger partial charge in [0.1, 0.15) is 16.2 Å². The molecule has 0 bridgehead atoms. The third-order valence-corrected chi connectivity index (χ3v) is 4.28. The van der Waals surface area contributed by atoms with Crippen molar-refractivity contribution in [2.75, 3.05) is 20.1 Å². The maximum Gasteiger partial charge on any atom is 0.132 e. The Hall–Kier alpha value is -1.07. The van der Waals surface area contributed by atoms with Gasteiger partial charge >= 0.3 is 0 Å². The fourth-order valence-electron chi connectivity index (χ4n) is 2.61. The summed E-state index contributed by atoms with van der Waals surface area (Å²) in [6.07, 6.45) is 4.18. The molecule has 5 heteroatoms. The van der Waals surface area contributed by atoms with Crippen molar-refractivity contribution in [3.05, 3.63) is 28.8 Å². The number of imidazole rings is 1. The van der Waals surface area contributed by atoms with Crippen LogP contribution in [0.25, 0.3) is 5.52 Å². The molecule has 1 aliphatic rings. The molecule has 0 saturated carbocycles. The van der Waals surface area contributed by atoms with Gasteiger partial charge in [0, 0.05) is 18.2 Å². The predicted molar refractivity (Wildman–Crippen MR) is 74.0 cm³/mol. The number of fused-ring (bicyclic) bond motifs is 1. The van der Waals surface area contributed by atoms with E-state index in [-0.39, 0.29) is 5.75 Å². The lowest BCUT2D eigenvalue weighted by Gasteiger charge is -2.28. The monoisotopic (exact) mass is 309 g/mol. The molecule has 96 valence electrons. The lowest BCUT2D eigenvalue weighted by molar-refractivity contribution is 0.251. The van der Waals surface area contributed by atoms with E-state index in [0.717, 1.165) is 41.9 Å². The summed E-state index contributed by atoms with van der Waals surface area (Å²) >= 11 is 3.48. The Kier molecular flexibility index (Phi) is 3.03. The van der Waals surface area contributed by atoms with E-state index in [1.54, 1.807) is 12.1 Å². The number of nitrogens with zero attached hydrogens (tertiary/aromatic N) is 3. The molecule has 0 radical (unpaired) electrons. The van der Waals surface area contributed by atoms with Crippen molar-refractivity contribution < 1.29 is 5.11 Å². The zero-order valence-corrected chi connectivity index (χ0v) is 11.9. The van der Waals surface area contributed by atoms with Gasteiger partial charge in [0.25, 0.3) is 0 Å². The molecule has 3 rings (SSSR count). The predicted octanol–water partition coefficient (Wildman–Crippen LogP) is 2.61. The van der Waals surface area contributed by atoms with Crippen LogP contribution in [-0.2, 0) is 0 Å². The molecule has 1 N–H and O–H groups in total. The third kappa shape index (κ3) is 2.01. The van der Waals surface area contributed by atoms with Gasteiger partial charge in [-0.25, -0.2) is 4.98 Å². The Labute approximate surface area is 114 Å². The number of aromatic nitrogens is 2. The molecule has 1 fully saturated rings. The lowest BCUT2D eigenvalue weighted by atomic mass is 9.96. The maximum atomic E-state index is 9.54. The van der Waals surface area contributed by atoms with Gasteiger partial charge in [0.2, 0.25) is 0 Å². The molecule has 0 aliphatic carbocycles. The van der Waals surface area contributed by atoms with Crippen molar-refractivity contribution in [2.45, 2.75) is 18.8 Å². The standard InChI is InChI=1S/C13H16BrN3O/c1-16-5-2-9(3-6-16)13-15-12(14)11-8-10(18)4-7-17(11)13/h4,7-9,18H,2-3,5-6H2,1H3. The molecule has 2 aromatic rings.